The van der Waals surface area contributed by atoms with Crippen molar-refractivity contribution in [3.8, 4) is 5.75 Å². The smallest absolute Gasteiger partial charge is 0.222 e. The first-order valence-electron chi connectivity index (χ1n) is 10.9. The Labute approximate surface area is 174 Å². The first-order valence-corrected chi connectivity index (χ1v) is 10.9. The lowest BCUT2D eigenvalue weighted by atomic mass is 9.92. The van der Waals surface area contributed by atoms with Gasteiger partial charge >= 0.3 is 0 Å². The van der Waals surface area contributed by atoms with Gasteiger partial charge in [-0.05, 0) is 70.8 Å². The molecule has 6 heteroatoms. The molecule has 2 aliphatic rings. The number of piperidine rings is 2. The van der Waals surface area contributed by atoms with Gasteiger partial charge in [0.15, 0.2) is 0 Å². The predicted octanol–water partition coefficient (Wildman–Crippen LogP) is 3.38. The van der Waals surface area contributed by atoms with Crippen molar-refractivity contribution in [2.75, 3.05) is 47.4 Å². The van der Waals surface area contributed by atoms with E-state index in [1.165, 1.54) is 6.07 Å². The molecule has 3 rings (SSSR count). The summed E-state index contributed by atoms with van der Waals surface area (Å²) in [5.74, 6) is 1.13. The highest BCUT2D eigenvalue weighted by atomic mass is 19.1. The van der Waals surface area contributed by atoms with Gasteiger partial charge in [0.25, 0.3) is 0 Å². The fraction of sp³-hybridized carbons (Fsp3) is 0.696. The molecule has 0 radical (unpaired) electrons. The highest BCUT2D eigenvalue weighted by Crippen LogP contribution is 2.25. The number of benzene rings is 1. The van der Waals surface area contributed by atoms with Gasteiger partial charge in [-0.1, -0.05) is 6.07 Å². The number of hydrogen-bond acceptors (Lipinski definition) is 4. The number of amides is 1. The Hall–Kier alpha value is -1.66. The number of hydrogen-bond donors (Lipinski definition) is 0. The zero-order valence-electron chi connectivity index (χ0n) is 18.2. The monoisotopic (exact) mass is 405 g/mol. The van der Waals surface area contributed by atoms with Crippen molar-refractivity contribution in [2.24, 2.45) is 5.92 Å². The number of likely N-dealkylation sites (tertiary alicyclic amines) is 2. The van der Waals surface area contributed by atoms with Crippen molar-refractivity contribution >= 4 is 5.91 Å². The molecule has 2 heterocycles. The minimum absolute atomic E-state index is 0.207. The maximum atomic E-state index is 14.3. The van der Waals surface area contributed by atoms with Crippen molar-refractivity contribution in [3.05, 3.63) is 29.6 Å². The molecule has 0 aliphatic carbocycles. The number of halogens is 1. The largest absolute Gasteiger partial charge is 0.497 e. The molecule has 0 bridgehead atoms. The summed E-state index contributed by atoms with van der Waals surface area (Å²) in [6.45, 7) is 4.70. The number of carbonyl (C=O) groups is 1. The Morgan fingerprint density at radius 1 is 1.24 bits per heavy atom. The standard InChI is InChI=1S/C23H36FN3O2/c1-25-13-10-20(11-14-25)26(2)23(28)9-6-18-5-4-12-27(16-18)17-19-7-8-21(29-3)15-22(19)24/h7-8,15,18,20H,4-6,9-14,16-17H2,1-3H3. The highest BCUT2D eigenvalue weighted by molar-refractivity contribution is 5.76. The van der Waals surface area contributed by atoms with Crippen LogP contribution in [0.3, 0.4) is 0 Å². The highest BCUT2D eigenvalue weighted by Gasteiger charge is 2.26. The average Bonchev–Trinajstić information content (AvgIpc) is 2.73. The lowest BCUT2D eigenvalue weighted by Gasteiger charge is -2.36. The van der Waals surface area contributed by atoms with Crippen LogP contribution < -0.4 is 4.74 Å². The van der Waals surface area contributed by atoms with Crippen molar-refractivity contribution in [3.63, 3.8) is 0 Å². The molecule has 0 aromatic heterocycles. The van der Waals surface area contributed by atoms with E-state index in [1.54, 1.807) is 7.11 Å². The molecular weight excluding hydrogens is 369 g/mol. The van der Waals surface area contributed by atoms with Crippen LogP contribution in [0.2, 0.25) is 0 Å². The molecule has 1 aromatic carbocycles. The molecule has 2 saturated heterocycles. The van der Waals surface area contributed by atoms with Gasteiger partial charge in [0, 0.05) is 44.2 Å². The van der Waals surface area contributed by atoms with Gasteiger partial charge in [0.05, 0.1) is 7.11 Å². The minimum atomic E-state index is -0.207. The van der Waals surface area contributed by atoms with Gasteiger partial charge in [-0.25, -0.2) is 4.39 Å². The van der Waals surface area contributed by atoms with Crippen molar-refractivity contribution in [1.29, 1.82) is 0 Å². The van der Waals surface area contributed by atoms with E-state index in [9.17, 15) is 9.18 Å². The molecule has 5 nitrogen and oxygen atoms in total. The number of nitrogens with zero attached hydrogens (tertiary/aromatic N) is 3. The number of carbonyl (C=O) groups excluding carboxylic acids is 1. The summed E-state index contributed by atoms with van der Waals surface area (Å²) in [5, 5.41) is 0. The van der Waals surface area contributed by atoms with Crippen LogP contribution in [0.5, 0.6) is 5.75 Å². The number of rotatable bonds is 7. The molecule has 0 N–H and O–H groups in total. The molecule has 29 heavy (non-hydrogen) atoms. The van der Waals surface area contributed by atoms with Crippen LogP contribution in [-0.4, -0.2) is 74.0 Å². The van der Waals surface area contributed by atoms with E-state index in [0.717, 1.165) is 58.3 Å². The van der Waals surface area contributed by atoms with E-state index in [2.05, 4.69) is 16.8 Å². The third-order valence-electron chi connectivity index (χ3n) is 6.65. The first kappa shape index (κ1) is 22.0. The van der Waals surface area contributed by atoms with E-state index in [1.807, 2.05) is 24.1 Å². The van der Waals surface area contributed by atoms with Crippen LogP contribution in [-0.2, 0) is 11.3 Å². The second-order valence-corrected chi connectivity index (χ2v) is 8.78. The van der Waals surface area contributed by atoms with E-state index in [0.29, 0.717) is 36.2 Å². The molecule has 1 unspecified atom stereocenters. The van der Waals surface area contributed by atoms with Crippen molar-refractivity contribution in [2.45, 2.75) is 51.1 Å². The molecule has 1 aromatic rings. The van der Waals surface area contributed by atoms with Crippen LogP contribution in [0.1, 0.15) is 44.1 Å². The molecule has 2 fully saturated rings. The van der Waals surface area contributed by atoms with E-state index < -0.39 is 0 Å². The maximum Gasteiger partial charge on any atom is 0.222 e. The van der Waals surface area contributed by atoms with Crippen molar-refractivity contribution < 1.29 is 13.9 Å². The molecule has 2 aliphatic heterocycles. The lowest BCUT2D eigenvalue weighted by molar-refractivity contribution is -0.133. The average molecular weight is 406 g/mol. The van der Waals surface area contributed by atoms with Crippen LogP contribution in [0.4, 0.5) is 4.39 Å². The topological polar surface area (TPSA) is 36.0 Å². The fourth-order valence-corrected chi connectivity index (χ4v) is 4.64. The van der Waals surface area contributed by atoms with Crippen LogP contribution >= 0.6 is 0 Å². The third kappa shape index (κ3) is 6.16. The van der Waals surface area contributed by atoms with Gasteiger partial charge in [-0.15, -0.1) is 0 Å². The second-order valence-electron chi connectivity index (χ2n) is 8.78. The number of methoxy groups -OCH3 is 1. The van der Waals surface area contributed by atoms with E-state index in [-0.39, 0.29) is 11.7 Å². The van der Waals surface area contributed by atoms with Crippen LogP contribution in [0.25, 0.3) is 0 Å². The van der Waals surface area contributed by atoms with Crippen LogP contribution in [0, 0.1) is 11.7 Å². The summed E-state index contributed by atoms with van der Waals surface area (Å²) in [6.07, 6.45) is 5.97. The van der Waals surface area contributed by atoms with E-state index >= 15 is 0 Å². The number of ether oxygens (including phenoxy) is 1. The minimum Gasteiger partial charge on any atom is -0.497 e. The summed E-state index contributed by atoms with van der Waals surface area (Å²) >= 11 is 0. The van der Waals surface area contributed by atoms with Crippen molar-refractivity contribution in [1.82, 2.24) is 14.7 Å². The first-order chi connectivity index (χ1) is 14.0. The van der Waals surface area contributed by atoms with Crippen LogP contribution in [0.15, 0.2) is 18.2 Å². The molecule has 1 amide bonds. The quantitative estimate of drug-likeness (QED) is 0.697. The fourth-order valence-electron chi connectivity index (χ4n) is 4.64. The van der Waals surface area contributed by atoms with E-state index in [4.69, 9.17) is 4.74 Å². The molecule has 162 valence electrons. The van der Waals surface area contributed by atoms with Gasteiger partial charge in [0.2, 0.25) is 5.91 Å². The Bertz CT molecular complexity index is 676. The Morgan fingerprint density at radius 3 is 2.69 bits per heavy atom. The van der Waals surface area contributed by atoms with Gasteiger partial charge in [-0.3, -0.25) is 9.69 Å². The SMILES string of the molecule is COc1ccc(CN2CCCC(CCC(=O)N(C)C3CCN(C)CC3)C2)c(F)c1. The van der Waals surface area contributed by atoms with Gasteiger partial charge < -0.3 is 14.5 Å². The Kier molecular flexibility index (Phi) is 7.90. The lowest BCUT2D eigenvalue weighted by Crippen LogP contribution is -2.44. The summed E-state index contributed by atoms with van der Waals surface area (Å²) in [7, 11) is 5.66. The summed E-state index contributed by atoms with van der Waals surface area (Å²) < 4.78 is 19.4. The molecule has 1 atom stereocenters. The summed E-state index contributed by atoms with van der Waals surface area (Å²) in [5.41, 5.74) is 0.713. The summed E-state index contributed by atoms with van der Waals surface area (Å²) in [6, 6.07) is 5.48. The zero-order valence-corrected chi connectivity index (χ0v) is 18.2. The Morgan fingerprint density at radius 2 is 2.00 bits per heavy atom. The molecular formula is C23H36FN3O2. The predicted molar refractivity (Wildman–Crippen MR) is 113 cm³/mol. The summed E-state index contributed by atoms with van der Waals surface area (Å²) in [4.78, 5) is 19.3. The maximum absolute atomic E-state index is 14.3. The Balaban J connectivity index is 1.45. The third-order valence-corrected chi connectivity index (χ3v) is 6.65. The molecule has 0 saturated carbocycles. The van der Waals surface area contributed by atoms with Gasteiger partial charge in [-0.2, -0.15) is 0 Å². The zero-order chi connectivity index (χ0) is 20.8. The second kappa shape index (κ2) is 10.4. The van der Waals surface area contributed by atoms with Gasteiger partial charge in [0.1, 0.15) is 11.6 Å². The normalized spacial score (nSPS) is 21.9. The molecule has 0 spiro atoms.